The van der Waals surface area contributed by atoms with Gasteiger partial charge < -0.3 is 34.1 Å². The van der Waals surface area contributed by atoms with E-state index >= 15 is 0 Å². The highest BCUT2D eigenvalue weighted by atomic mass is 19.4. The van der Waals surface area contributed by atoms with E-state index in [-0.39, 0.29) is 66.9 Å². The number of nitrogens with one attached hydrogen (secondary N) is 1. The Morgan fingerprint density at radius 1 is 1.15 bits per heavy atom. The van der Waals surface area contributed by atoms with Gasteiger partial charge in [-0.2, -0.15) is 22.7 Å². The third kappa shape index (κ3) is 6.17. The maximum Gasteiger partial charge on any atom is 0.416 e. The molecule has 2 aliphatic rings. The fourth-order valence-corrected chi connectivity index (χ4v) is 5.77. The third-order valence-corrected chi connectivity index (χ3v) is 8.18. The zero-order valence-electron chi connectivity index (χ0n) is 25.5. The van der Waals surface area contributed by atoms with Crippen LogP contribution in [0.4, 0.5) is 24.5 Å². The van der Waals surface area contributed by atoms with Crippen molar-refractivity contribution in [3.63, 3.8) is 0 Å². The van der Waals surface area contributed by atoms with Crippen molar-refractivity contribution in [2.24, 2.45) is 0 Å². The number of alkyl halides is 3. The lowest BCUT2D eigenvalue weighted by molar-refractivity contribution is -0.137. The largest absolute Gasteiger partial charge is 0.503 e. The molecule has 2 aliphatic heterocycles. The molecule has 2 N–H and O–H groups in total. The van der Waals surface area contributed by atoms with Crippen molar-refractivity contribution in [2.75, 3.05) is 49.6 Å². The summed E-state index contributed by atoms with van der Waals surface area (Å²) in [5.74, 6) is -0.977. The van der Waals surface area contributed by atoms with Crippen LogP contribution < -0.4 is 15.8 Å². The van der Waals surface area contributed by atoms with E-state index in [0.29, 0.717) is 37.6 Å². The van der Waals surface area contributed by atoms with Gasteiger partial charge >= 0.3 is 6.18 Å². The Balaban J connectivity index is 1.35. The lowest BCUT2D eigenvalue weighted by atomic mass is 10.1. The second kappa shape index (κ2) is 12.5. The average Bonchev–Trinajstić information content (AvgIpc) is 3.70. The summed E-state index contributed by atoms with van der Waals surface area (Å²) in [6.07, 6.45) is -0.880. The van der Waals surface area contributed by atoms with E-state index in [1.54, 1.807) is 4.57 Å². The van der Waals surface area contributed by atoms with E-state index in [1.165, 1.54) is 17.9 Å². The van der Waals surface area contributed by atoms with Crippen LogP contribution in [0, 0.1) is 6.92 Å². The molecule has 0 unspecified atom stereocenters. The molecule has 1 fully saturated rings. The number of ether oxygens (including phenoxy) is 1. The number of aromatic hydroxyl groups is 1. The quantitative estimate of drug-likeness (QED) is 0.303. The van der Waals surface area contributed by atoms with E-state index in [9.17, 15) is 32.7 Å². The van der Waals surface area contributed by atoms with Crippen LogP contribution in [-0.4, -0.2) is 85.5 Å². The van der Waals surface area contributed by atoms with Gasteiger partial charge in [-0.05, 0) is 49.1 Å². The predicted molar refractivity (Wildman–Crippen MR) is 161 cm³/mol. The number of carbonyl (C=O) groups is 2. The highest BCUT2D eigenvalue weighted by molar-refractivity contribution is 5.94. The lowest BCUT2D eigenvalue weighted by Gasteiger charge is -2.36. The number of carbonyl (C=O) groups excluding carboxylic acids is 2. The second-order valence-corrected chi connectivity index (χ2v) is 11.1. The molecule has 1 saturated heterocycles. The average molecular weight is 657 g/mol. The van der Waals surface area contributed by atoms with Crippen LogP contribution in [0.3, 0.4) is 0 Å². The Morgan fingerprint density at radius 2 is 1.91 bits per heavy atom. The topological polar surface area (TPSA) is 160 Å². The number of aromatic nitrogens is 5. The minimum Gasteiger partial charge on any atom is -0.503 e. The molecular weight excluding hydrogens is 625 g/mol. The Bertz CT molecular complexity index is 1940. The Labute approximate surface area is 265 Å². The summed E-state index contributed by atoms with van der Waals surface area (Å²) in [4.78, 5) is 48.4. The molecule has 0 saturated carbocycles. The van der Waals surface area contributed by atoms with Gasteiger partial charge in [0.1, 0.15) is 12.2 Å². The zero-order chi connectivity index (χ0) is 33.5. The summed E-state index contributed by atoms with van der Waals surface area (Å²) in [5, 5.41) is 20.7. The number of rotatable bonds is 7. The SMILES string of the molecule is CCc1c(N2CCN(C(=O)c3nocc3O)CC2)c(=O)n2nc(C3=CCOCC3)nc2n1CC(=O)Nc1ccc(C(F)(F)F)cc1C. The number of nitrogens with zero attached hydrogens (tertiary/aromatic N) is 7. The molecule has 0 atom stereocenters. The maximum atomic E-state index is 14.1. The minimum absolute atomic E-state index is 0.132. The van der Waals surface area contributed by atoms with Gasteiger partial charge in [0.15, 0.2) is 17.8 Å². The zero-order valence-corrected chi connectivity index (χ0v) is 25.5. The van der Waals surface area contributed by atoms with Crippen LogP contribution in [0.15, 0.2) is 39.9 Å². The number of aryl methyl sites for hydroxylation is 1. The van der Waals surface area contributed by atoms with Crippen LogP contribution in [0.1, 0.15) is 46.5 Å². The van der Waals surface area contributed by atoms with Crippen LogP contribution in [0.2, 0.25) is 0 Å². The summed E-state index contributed by atoms with van der Waals surface area (Å²) in [6, 6.07) is 3.07. The van der Waals surface area contributed by atoms with Crippen molar-refractivity contribution in [3.05, 3.63) is 69.2 Å². The molecule has 2 amide bonds. The normalized spacial score (nSPS) is 15.6. The molecule has 6 rings (SSSR count). The summed E-state index contributed by atoms with van der Waals surface area (Å²) in [5.41, 5.74) is 0.535. The summed E-state index contributed by atoms with van der Waals surface area (Å²) < 4.78 is 52.4. The van der Waals surface area contributed by atoms with Crippen LogP contribution in [0.5, 0.6) is 5.75 Å². The minimum atomic E-state index is -4.52. The van der Waals surface area contributed by atoms with Crippen LogP contribution in [-0.2, 0) is 28.7 Å². The van der Waals surface area contributed by atoms with Gasteiger partial charge in [-0.15, -0.1) is 5.10 Å². The monoisotopic (exact) mass is 656 g/mol. The van der Waals surface area contributed by atoms with Gasteiger partial charge in [0.2, 0.25) is 17.4 Å². The number of hydrogen-bond donors (Lipinski definition) is 2. The summed E-state index contributed by atoms with van der Waals surface area (Å²) >= 11 is 0. The summed E-state index contributed by atoms with van der Waals surface area (Å²) in [7, 11) is 0. The number of anilines is 2. The Hall–Kier alpha value is -5.19. The van der Waals surface area contributed by atoms with E-state index in [1.807, 2.05) is 17.9 Å². The smallest absolute Gasteiger partial charge is 0.416 e. The van der Waals surface area contributed by atoms with Gasteiger partial charge in [-0.1, -0.05) is 18.2 Å². The highest BCUT2D eigenvalue weighted by Crippen LogP contribution is 2.32. The fourth-order valence-electron chi connectivity index (χ4n) is 5.77. The molecular formula is C30H31F3N8O6. The highest BCUT2D eigenvalue weighted by Gasteiger charge is 2.32. The third-order valence-electron chi connectivity index (χ3n) is 8.18. The van der Waals surface area contributed by atoms with Gasteiger partial charge in [-0.25, -0.2) is 0 Å². The van der Waals surface area contributed by atoms with Crippen molar-refractivity contribution in [2.45, 2.75) is 39.4 Å². The number of halogens is 3. The van der Waals surface area contributed by atoms with E-state index in [2.05, 4.69) is 25.1 Å². The molecule has 47 heavy (non-hydrogen) atoms. The molecule has 248 valence electrons. The first-order valence-corrected chi connectivity index (χ1v) is 14.9. The Kier molecular flexibility index (Phi) is 8.48. The lowest BCUT2D eigenvalue weighted by Crippen LogP contribution is -2.51. The van der Waals surface area contributed by atoms with Crippen molar-refractivity contribution < 1.29 is 37.1 Å². The van der Waals surface area contributed by atoms with Gasteiger partial charge in [0.25, 0.3) is 11.5 Å². The number of benzene rings is 1. The predicted octanol–water partition coefficient (Wildman–Crippen LogP) is 2.88. The molecule has 0 bridgehead atoms. The molecule has 0 aliphatic carbocycles. The standard InChI is InChI=1S/C30H31F3N8O6/c1-3-21-25(38-8-10-39(11-9-38)27(44)24-22(42)16-47-37-24)28(45)41-29(35-26(36-41)18-6-12-46-13-7-18)40(21)15-23(43)34-20-5-4-19(14-17(20)2)30(31,32)33/h4-6,14,16,42H,3,7-13,15H2,1-2H3,(H,34,43). The van der Waals surface area contributed by atoms with E-state index in [4.69, 9.17) is 4.74 Å². The molecule has 3 aromatic heterocycles. The molecule has 14 nitrogen and oxygen atoms in total. The number of fused-ring (bicyclic) bond motifs is 1. The maximum absolute atomic E-state index is 14.1. The molecule has 4 aromatic rings. The first kappa shape index (κ1) is 31.8. The van der Waals surface area contributed by atoms with Gasteiger partial charge in [-0.3, -0.25) is 14.4 Å². The first-order valence-electron chi connectivity index (χ1n) is 14.9. The fraction of sp³-hybridized carbons (Fsp3) is 0.400. The van der Waals surface area contributed by atoms with Crippen molar-refractivity contribution >= 4 is 34.5 Å². The molecule has 17 heteroatoms. The number of hydrogen-bond acceptors (Lipinski definition) is 10. The van der Waals surface area contributed by atoms with E-state index in [0.717, 1.165) is 28.5 Å². The second-order valence-electron chi connectivity index (χ2n) is 11.1. The van der Waals surface area contributed by atoms with Crippen molar-refractivity contribution in [3.8, 4) is 5.75 Å². The van der Waals surface area contributed by atoms with Gasteiger partial charge in [0, 0.05) is 31.9 Å². The number of piperazine rings is 1. The molecule has 5 heterocycles. The first-order chi connectivity index (χ1) is 22.5. The molecule has 1 aromatic carbocycles. The van der Waals surface area contributed by atoms with Gasteiger partial charge in [0.05, 0.1) is 24.5 Å². The molecule has 0 spiro atoms. The summed E-state index contributed by atoms with van der Waals surface area (Å²) in [6.45, 7) is 4.71. The van der Waals surface area contributed by atoms with Crippen LogP contribution in [0.25, 0.3) is 11.4 Å². The Morgan fingerprint density at radius 3 is 2.53 bits per heavy atom. The number of amides is 2. The van der Waals surface area contributed by atoms with Crippen LogP contribution >= 0.6 is 0 Å². The molecule has 0 radical (unpaired) electrons. The van der Waals surface area contributed by atoms with E-state index < -0.39 is 29.1 Å². The van der Waals surface area contributed by atoms with Crippen molar-refractivity contribution in [1.82, 2.24) is 29.2 Å². The van der Waals surface area contributed by atoms with Crippen molar-refractivity contribution in [1.29, 1.82) is 0 Å².